The van der Waals surface area contributed by atoms with Gasteiger partial charge in [0, 0.05) is 6.20 Å². The lowest BCUT2D eigenvalue weighted by atomic mass is 10.0. The molecule has 5 rings (SSSR count). The maximum atomic E-state index is 13.7. The number of nitriles is 1. The topological polar surface area (TPSA) is 177 Å². The Kier molecular flexibility index (Phi) is 5.48. The van der Waals surface area contributed by atoms with Crippen LogP contribution >= 0.6 is 11.6 Å². The lowest BCUT2D eigenvalue weighted by Crippen LogP contribution is -2.29. The van der Waals surface area contributed by atoms with Gasteiger partial charge >= 0.3 is 0 Å². The first-order valence-electron chi connectivity index (χ1n) is 10.3. The molecule has 11 nitrogen and oxygen atoms in total. The van der Waals surface area contributed by atoms with Crippen LogP contribution in [0, 0.1) is 11.3 Å². The first-order chi connectivity index (χ1) is 17.0. The second-order valence-corrected chi connectivity index (χ2v) is 7.90. The first-order valence-corrected chi connectivity index (χ1v) is 10.7. The van der Waals surface area contributed by atoms with E-state index in [9.17, 15) is 10.1 Å². The molecule has 3 heterocycles. The van der Waals surface area contributed by atoms with Gasteiger partial charge < -0.3 is 16.8 Å². The van der Waals surface area contributed by atoms with Crippen LogP contribution in [0.15, 0.2) is 65.7 Å². The highest BCUT2D eigenvalue weighted by molar-refractivity contribution is 6.35. The molecule has 0 saturated carbocycles. The maximum absolute atomic E-state index is 13.7. The quantitative estimate of drug-likeness (QED) is 0.292. The van der Waals surface area contributed by atoms with Gasteiger partial charge in [-0.3, -0.25) is 14.5 Å². The highest BCUT2D eigenvalue weighted by Gasteiger charge is 2.26. The molecule has 6 N–H and O–H groups in total. The fourth-order valence-electron chi connectivity index (χ4n) is 3.81. The van der Waals surface area contributed by atoms with E-state index in [0.29, 0.717) is 17.0 Å². The molecule has 5 aromatic rings. The number of H-pyrrole nitrogens is 1. The molecule has 0 aliphatic carbocycles. The van der Waals surface area contributed by atoms with Crippen molar-refractivity contribution in [3.05, 3.63) is 93.3 Å². The van der Waals surface area contributed by atoms with Gasteiger partial charge in [0.15, 0.2) is 5.82 Å². The van der Waals surface area contributed by atoms with E-state index in [0.717, 1.165) is 5.56 Å². The number of aromatic nitrogens is 6. The van der Waals surface area contributed by atoms with E-state index in [1.807, 2.05) is 36.4 Å². The van der Waals surface area contributed by atoms with Crippen molar-refractivity contribution in [1.29, 1.82) is 5.26 Å². The van der Waals surface area contributed by atoms with Gasteiger partial charge in [0.05, 0.1) is 27.8 Å². The summed E-state index contributed by atoms with van der Waals surface area (Å²) in [6.45, 7) is 0. The SMILES string of the molecule is N#Cc1c(N)nc(N)nc1N[C@@H](c1ccccc1)c1nc2cccc(Cl)c2c(=O)n1-c1cn[nH]c1. The van der Waals surface area contributed by atoms with Gasteiger partial charge in [0.2, 0.25) is 5.95 Å². The Bertz CT molecular complexity index is 1640. The van der Waals surface area contributed by atoms with Crippen molar-refractivity contribution in [2.45, 2.75) is 6.04 Å². The third-order valence-electron chi connectivity index (χ3n) is 5.35. The molecular formula is C23H17ClN10O. The summed E-state index contributed by atoms with van der Waals surface area (Å²) in [6.07, 6.45) is 3.07. The molecule has 0 saturated heterocycles. The smallest absolute Gasteiger partial charge is 0.267 e. The predicted molar refractivity (Wildman–Crippen MR) is 132 cm³/mol. The van der Waals surface area contributed by atoms with E-state index in [-0.39, 0.29) is 39.1 Å². The zero-order chi connectivity index (χ0) is 24.5. The number of benzene rings is 2. The molecule has 3 aromatic heterocycles. The summed E-state index contributed by atoms with van der Waals surface area (Å²) < 4.78 is 1.41. The normalized spacial score (nSPS) is 11.8. The molecule has 172 valence electrons. The van der Waals surface area contributed by atoms with Gasteiger partial charge in [-0.05, 0) is 17.7 Å². The average molecular weight is 485 g/mol. The van der Waals surface area contributed by atoms with Crippen LogP contribution in [-0.2, 0) is 0 Å². The summed E-state index contributed by atoms with van der Waals surface area (Å²) in [5.41, 5.74) is 12.9. The minimum atomic E-state index is -0.761. The Morgan fingerprint density at radius 2 is 1.89 bits per heavy atom. The second kappa shape index (κ2) is 8.77. The van der Waals surface area contributed by atoms with Gasteiger partial charge in [0.1, 0.15) is 29.3 Å². The number of aromatic amines is 1. The molecule has 2 aromatic carbocycles. The van der Waals surface area contributed by atoms with Crippen molar-refractivity contribution in [2.75, 3.05) is 16.8 Å². The fraction of sp³-hybridized carbons (Fsp3) is 0.0435. The van der Waals surface area contributed by atoms with E-state index in [4.69, 9.17) is 28.1 Å². The molecule has 12 heteroatoms. The van der Waals surface area contributed by atoms with Gasteiger partial charge in [-0.25, -0.2) is 4.98 Å². The third-order valence-corrected chi connectivity index (χ3v) is 5.67. The Hall–Kier alpha value is -4.95. The number of hydrogen-bond donors (Lipinski definition) is 4. The highest BCUT2D eigenvalue weighted by Crippen LogP contribution is 2.30. The Morgan fingerprint density at radius 1 is 1.09 bits per heavy atom. The van der Waals surface area contributed by atoms with Crippen LogP contribution in [0.25, 0.3) is 16.6 Å². The molecule has 0 fully saturated rings. The van der Waals surface area contributed by atoms with E-state index >= 15 is 0 Å². The summed E-state index contributed by atoms with van der Waals surface area (Å²) in [4.78, 5) is 26.6. The molecule has 0 spiro atoms. The second-order valence-electron chi connectivity index (χ2n) is 7.49. The van der Waals surface area contributed by atoms with Crippen molar-refractivity contribution in [1.82, 2.24) is 29.7 Å². The van der Waals surface area contributed by atoms with Crippen LogP contribution in [0.5, 0.6) is 0 Å². The van der Waals surface area contributed by atoms with E-state index in [1.165, 1.54) is 10.8 Å². The monoisotopic (exact) mass is 484 g/mol. The summed E-state index contributed by atoms with van der Waals surface area (Å²) in [6, 6.07) is 15.5. The van der Waals surface area contributed by atoms with Crippen LogP contribution < -0.4 is 22.3 Å². The average Bonchev–Trinajstić information content (AvgIpc) is 3.37. The first kappa shape index (κ1) is 21.9. The minimum Gasteiger partial charge on any atom is -0.382 e. The number of halogens is 1. The number of nitrogens with zero attached hydrogens (tertiary/aromatic N) is 6. The van der Waals surface area contributed by atoms with Crippen molar-refractivity contribution in [3.63, 3.8) is 0 Å². The lowest BCUT2D eigenvalue weighted by Gasteiger charge is -2.23. The zero-order valence-electron chi connectivity index (χ0n) is 18.0. The number of hydrogen-bond acceptors (Lipinski definition) is 9. The molecule has 0 amide bonds. The fourth-order valence-corrected chi connectivity index (χ4v) is 4.06. The molecule has 0 bridgehead atoms. The Morgan fingerprint density at radius 3 is 2.60 bits per heavy atom. The molecule has 0 unspecified atom stereocenters. The van der Waals surface area contributed by atoms with Gasteiger partial charge in [0.25, 0.3) is 5.56 Å². The number of nitrogens with two attached hydrogens (primary N) is 2. The molecule has 0 aliphatic heterocycles. The van der Waals surface area contributed by atoms with Crippen molar-refractivity contribution in [2.24, 2.45) is 0 Å². The molecule has 35 heavy (non-hydrogen) atoms. The van der Waals surface area contributed by atoms with Crippen molar-refractivity contribution >= 4 is 40.1 Å². The number of rotatable bonds is 5. The molecular weight excluding hydrogens is 468 g/mol. The van der Waals surface area contributed by atoms with Crippen molar-refractivity contribution < 1.29 is 0 Å². The Balaban J connectivity index is 1.83. The minimum absolute atomic E-state index is 0.0150. The summed E-state index contributed by atoms with van der Waals surface area (Å²) in [5.74, 6) is 0.226. The number of fused-ring (bicyclic) bond motifs is 1. The highest BCUT2D eigenvalue weighted by atomic mass is 35.5. The standard InChI is InChI=1S/C23H17ClN10O/c24-15-7-4-8-16-17(15)22(35)34(13-10-28-29-11-13)21(30-16)18(12-5-2-1-3-6-12)31-20-14(9-25)19(26)32-23(27)33-20/h1-8,10-11,18H,(H,28,29)(H5,26,27,31,32,33)/t18-/m0/s1. The van der Waals surface area contributed by atoms with Crippen LogP contribution in [0.3, 0.4) is 0 Å². The third kappa shape index (κ3) is 3.88. The number of anilines is 3. The van der Waals surface area contributed by atoms with E-state index < -0.39 is 6.04 Å². The van der Waals surface area contributed by atoms with Crippen LogP contribution in [0.4, 0.5) is 17.6 Å². The van der Waals surface area contributed by atoms with E-state index in [1.54, 1.807) is 24.4 Å². The van der Waals surface area contributed by atoms with Crippen molar-refractivity contribution in [3.8, 4) is 11.8 Å². The number of nitrogens with one attached hydrogen (secondary N) is 2. The predicted octanol–water partition coefficient (Wildman–Crippen LogP) is 2.79. The summed E-state index contributed by atoms with van der Waals surface area (Å²) in [7, 11) is 0. The summed E-state index contributed by atoms with van der Waals surface area (Å²) in [5, 5.41) is 20.1. The molecule has 0 radical (unpaired) electrons. The number of nitrogen functional groups attached to an aromatic ring is 2. The zero-order valence-corrected chi connectivity index (χ0v) is 18.7. The summed E-state index contributed by atoms with van der Waals surface area (Å²) >= 11 is 6.38. The van der Waals surface area contributed by atoms with Crippen LogP contribution in [0.1, 0.15) is 23.0 Å². The van der Waals surface area contributed by atoms with Crippen LogP contribution in [-0.4, -0.2) is 29.7 Å². The molecule has 0 aliphatic rings. The Labute approximate surface area is 203 Å². The van der Waals surface area contributed by atoms with Crippen LogP contribution in [0.2, 0.25) is 5.02 Å². The lowest BCUT2D eigenvalue weighted by molar-refractivity contribution is 0.760. The maximum Gasteiger partial charge on any atom is 0.267 e. The van der Waals surface area contributed by atoms with Gasteiger partial charge in [-0.2, -0.15) is 20.3 Å². The van der Waals surface area contributed by atoms with Gasteiger partial charge in [-0.1, -0.05) is 48.0 Å². The van der Waals surface area contributed by atoms with Gasteiger partial charge in [-0.15, -0.1) is 0 Å². The largest absolute Gasteiger partial charge is 0.382 e. The van der Waals surface area contributed by atoms with E-state index in [2.05, 4.69) is 25.5 Å². The molecule has 1 atom stereocenters.